The van der Waals surface area contributed by atoms with Gasteiger partial charge < -0.3 is 19.4 Å². The number of para-hydroxylation sites is 1. The summed E-state index contributed by atoms with van der Waals surface area (Å²) < 4.78 is 4.01. The molecule has 2 aliphatic heterocycles. The highest BCUT2D eigenvalue weighted by Crippen LogP contribution is 2.54. The van der Waals surface area contributed by atoms with Gasteiger partial charge in [0.15, 0.2) is 0 Å². The molecule has 1 aromatic carbocycles. The Bertz CT molecular complexity index is 1170. The molecule has 2 amide bonds. The maximum absolute atomic E-state index is 13.8. The Hall–Kier alpha value is -3.35. The molecular weight excluding hydrogens is 378 g/mol. The third kappa shape index (κ3) is 2.23. The molecule has 3 aliphatic rings. The Labute approximate surface area is 174 Å². The van der Waals surface area contributed by atoms with Gasteiger partial charge in [-0.2, -0.15) is 0 Å². The van der Waals surface area contributed by atoms with Gasteiger partial charge >= 0.3 is 0 Å². The van der Waals surface area contributed by atoms with Gasteiger partial charge in [0.05, 0.1) is 0 Å². The number of hydrogen-bond acceptors (Lipinski definition) is 3. The van der Waals surface area contributed by atoms with E-state index in [-0.39, 0.29) is 11.8 Å². The van der Waals surface area contributed by atoms with Gasteiger partial charge in [0.2, 0.25) is 5.91 Å². The molecular formula is C23H23N5O2. The lowest BCUT2D eigenvalue weighted by Crippen LogP contribution is -2.44. The second-order valence-electron chi connectivity index (χ2n) is 8.55. The zero-order valence-corrected chi connectivity index (χ0v) is 16.8. The fourth-order valence-corrected chi connectivity index (χ4v) is 5.30. The molecule has 0 unspecified atom stereocenters. The fourth-order valence-electron chi connectivity index (χ4n) is 5.30. The van der Waals surface area contributed by atoms with Gasteiger partial charge in [-0.1, -0.05) is 18.2 Å². The highest BCUT2D eigenvalue weighted by atomic mass is 16.2. The zero-order chi connectivity index (χ0) is 20.5. The zero-order valence-electron chi connectivity index (χ0n) is 16.8. The molecule has 2 aromatic heterocycles. The van der Waals surface area contributed by atoms with Gasteiger partial charge in [0, 0.05) is 43.9 Å². The summed E-state index contributed by atoms with van der Waals surface area (Å²) in [5.41, 5.74) is 1.65. The molecule has 1 aliphatic carbocycles. The van der Waals surface area contributed by atoms with Crippen LogP contribution in [-0.4, -0.2) is 37.4 Å². The summed E-state index contributed by atoms with van der Waals surface area (Å²) in [4.78, 5) is 33.6. The molecule has 2 atom stereocenters. The fraction of sp³-hybridized carbons (Fsp3) is 0.348. The molecule has 0 radical (unpaired) electrons. The summed E-state index contributed by atoms with van der Waals surface area (Å²) in [7, 11) is 1.92. The van der Waals surface area contributed by atoms with E-state index >= 15 is 0 Å². The summed E-state index contributed by atoms with van der Waals surface area (Å²) in [5, 5.41) is 3.06. The number of benzene rings is 1. The first kappa shape index (κ1) is 17.5. The number of carbonyl (C=O) groups excluding carboxylic acids is 2. The highest BCUT2D eigenvalue weighted by molar-refractivity contribution is 6.08. The molecule has 30 heavy (non-hydrogen) atoms. The topological polar surface area (TPSA) is 72.2 Å². The van der Waals surface area contributed by atoms with Gasteiger partial charge in [-0.25, -0.2) is 4.98 Å². The number of aryl methyl sites for hydroxylation is 1. The first-order valence-electron chi connectivity index (χ1n) is 10.5. The number of rotatable bonds is 3. The number of aromatic nitrogens is 3. The van der Waals surface area contributed by atoms with Gasteiger partial charge in [0.25, 0.3) is 5.91 Å². The van der Waals surface area contributed by atoms with E-state index in [2.05, 4.69) is 14.9 Å². The van der Waals surface area contributed by atoms with Crippen LogP contribution in [0.2, 0.25) is 0 Å². The number of fused-ring (bicyclic) bond motifs is 2. The van der Waals surface area contributed by atoms with Crippen LogP contribution >= 0.6 is 0 Å². The standard InChI is InChI=1S/C23H23N5O2/c1-26-14-11-24-20(26)19-23(16-5-2-3-6-17(16)25-22(23)30)10-13-28(19)21(29)18-7-4-12-27(18)15-8-9-15/h2-7,11-12,14-15,19H,8-10,13H2,1H3,(H,25,30)/t19-,23+/m0/s1. The van der Waals surface area contributed by atoms with Crippen molar-refractivity contribution in [2.75, 3.05) is 11.9 Å². The lowest BCUT2D eigenvalue weighted by atomic mass is 9.74. The average molecular weight is 401 g/mol. The van der Waals surface area contributed by atoms with Crippen LogP contribution in [0.15, 0.2) is 55.0 Å². The van der Waals surface area contributed by atoms with Gasteiger partial charge in [0.1, 0.15) is 23.0 Å². The quantitative estimate of drug-likeness (QED) is 0.733. The minimum absolute atomic E-state index is 0.0334. The highest BCUT2D eigenvalue weighted by Gasteiger charge is 2.60. The van der Waals surface area contributed by atoms with Crippen molar-refractivity contribution in [3.8, 4) is 0 Å². The van der Waals surface area contributed by atoms with Crippen LogP contribution in [0.4, 0.5) is 5.69 Å². The molecule has 1 saturated carbocycles. The summed E-state index contributed by atoms with van der Waals surface area (Å²) >= 11 is 0. The maximum atomic E-state index is 13.8. The van der Waals surface area contributed by atoms with Gasteiger partial charge in [-0.05, 0) is 43.0 Å². The predicted molar refractivity (Wildman–Crippen MR) is 111 cm³/mol. The third-order valence-corrected chi connectivity index (χ3v) is 6.89. The van der Waals surface area contributed by atoms with Gasteiger partial charge in [-0.15, -0.1) is 0 Å². The molecule has 0 bridgehead atoms. The van der Waals surface area contributed by atoms with Crippen molar-refractivity contribution in [1.82, 2.24) is 19.0 Å². The second-order valence-corrected chi connectivity index (χ2v) is 8.55. The molecule has 7 nitrogen and oxygen atoms in total. The van der Waals surface area contributed by atoms with E-state index in [1.165, 1.54) is 0 Å². The lowest BCUT2D eigenvalue weighted by molar-refractivity contribution is -0.121. The third-order valence-electron chi connectivity index (χ3n) is 6.89. The number of anilines is 1. The monoisotopic (exact) mass is 401 g/mol. The largest absolute Gasteiger partial charge is 0.340 e. The van der Waals surface area contributed by atoms with Crippen LogP contribution in [0.5, 0.6) is 0 Å². The van der Waals surface area contributed by atoms with Crippen LogP contribution < -0.4 is 5.32 Å². The Morgan fingerprint density at radius 1 is 1.17 bits per heavy atom. The minimum atomic E-state index is -0.831. The van der Waals surface area contributed by atoms with E-state index in [0.717, 1.165) is 29.9 Å². The van der Waals surface area contributed by atoms with Crippen molar-refractivity contribution in [3.63, 3.8) is 0 Å². The van der Waals surface area contributed by atoms with Crippen molar-refractivity contribution < 1.29 is 9.59 Å². The Morgan fingerprint density at radius 3 is 2.77 bits per heavy atom. The van der Waals surface area contributed by atoms with Crippen LogP contribution in [-0.2, 0) is 17.3 Å². The number of nitrogens with one attached hydrogen (secondary N) is 1. The van der Waals surface area contributed by atoms with Crippen molar-refractivity contribution in [3.05, 3.63) is 72.1 Å². The second kappa shape index (κ2) is 6.08. The molecule has 7 heteroatoms. The van der Waals surface area contributed by atoms with E-state index in [1.54, 1.807) is 6.20 Å². The van der Waals surface area contributed by atoms with E-state index in [0.29, 0.717) is 24.7 Å². The molecule has 2 fully saturated rings. The molecule has 1 spiro atoms. The van der Waals surface area contributed by atoms with E-state index < -0.39 is 11.5 Å². The van der Waals surface area contributed by atoms with Crippen molar-refractivity contribution >= 4 is 17.5 Å². The normalized spacial score (nSPS) is 25.0. The van der Waals surface area contributed by atoms with Crippen molar-refractivity contribution in [1.29, 1.82) is 0 Å². The maximum Gasteiger partial charge on any atom is 0.271 e. The summed E-state index contributed by atoms with van der Waals surface area (Å²) in [6, 6.07) is 11.6. The smallest absolute Gasteiger partial charge is 0.271 e. The molecule has 1 N–H and O–H groups in total. The number of hydrogen-bond donors (Lipinski definition) is 1. The Morgan fingerprint density at radius 2 is 2.00 bits per heavy atom. The van der Waals surface area contributed by atoms with Gasteiger partial charge in [-0.3, -0.25) is 9.59 Å². The first-order chi connectivity index (χ1) is 14.6. The SMILES string of the molecule is Cn1ccnc1[C@@H]1N(C(=O)c2cccn2C2CC2)CC[C@]12C(=O)Nc1ccccc12. The number of carbonyl (C=O) groups is 2. The van der Waals surface area contributed by atoms with Crippen molar-refractivity contribution in [2.24, 2.45) is 7.05 Å². The Balaban J connectivity index is 1.50. The van der Waals surface area contributed by atoms with Crippen LogP contribution in [0.1, 0.15) is 53.2 Å². The molecule has 152 valence electrons. The summed E-state index contributed by atoms with van der Waals surface area (Å²) in [6.45, 7) is 0.508. The number of amides is 2. The van der Waals surface area contributed by atoms with E-state index in [9.17, 15) is 9.59 Å². The number of imidazole rings is 1. The van der Waals surface area contributed by atoms with E-state index in [4.69, 9.17) is 0 Å². The average Bonchev–Trinajstić information content (AvgIpc) is 3.09. The van der Waals surface area contributed by atoms with E-state index in [1.807, 2.05) is 65.3 Å². The number of nitrogens with zero attached hydrogens (tertiary/aromatic N) is 4. The molecule has 6 rings (SSSR count). The summed E-state index contributed by atoms with van der Waals surface area (Å²) in [6.07, 6.45) is 8.38. The molecule has 1 saturated heterocycles. The first-order valence-corrected chi connectivity index (χ1v) is 10.5. The van der Waals surface area contributed by atoms with Crippen molar-refractivity contribution in [2.45, 2.75) is 36.8 Å². The lowest BCUT2D eigenvalue weighted by Gasteiger charge is -2.33. The number of likely N-dealkylation sites (tertiary alicyclic amines) is 1. The van der Waals surface area contributed by atoms with Crippen LogP contribution in [0, 0.1) is 0 Å². The predicted octanol–water partition coefficient (Wildman–Crippen LogP) is 3.03. The Kier molecular flexibility index (Phi) is 3.54. The van der Waals surface area contributed by atoms with Crippen LogP contribution in [0.25, 0.3) is 0 Å². The molecule has 4 heterocycles. The minimum Gasteiger partial charge on any atom is -0.340 e. The molecule has 3 aromatic rings. The summed E-state index contributed by atoms with van der Waals surface area (Å²) in [5.74, 6) is 0.649. The van der Waals surface area contributed by atoms with Crippen LogP contribution in [0.3, 0.4) is 0 Å².